The molecule has 0 heterocycles. The predicted octanol–water partition coefficient (Wildman–Crippen LogP) is -3.23. The average molecular weight is 463 g/mol. The minimum Gasteiger partial charge on any atom is -0.480 e. The lowest BCUT2D eigenvalue weighted by Gasteiger charge is -2.24. The number of thioether (sulfide) groups is 1. The molecule has 0 spiro atoms. The van der Waals surface area contributed by atoms with Gasteiger partial charge in [0, 0.05) is 12.8 Å². The predicted molar refractivity (Wildman–Crippen MR) is 112 cm³/mol. The highest BCUT2D eigenvalue weighted by molar-refractivity contribution is 7.98. The number of aliphatic carboxylic acids is 1. The SMILES string of the molecule is CSCCC(NC(=O)C(N)CCC(N)=O)C(=O)NC(CCC(N)=O)C(=O)NCC(=O)O. The Hall–Kier alpha value is -2.87. The number of nitrogens with one attached hydrogen (secondary N) is 3. The number of amides is 5. The molecule has 0 bridgehead atoms. The maximum Gasteiger partial charge on any atom is 0.322 e. The zero-order chi connectivity index (χ0) is 24.0. The van der Waals surface area contributed by atoms with Gasteiger partial charge in [-0.05, 0) is 31.3 Å². The van der Waals surface area contributed by atoms with E-state index in [1.54, 1.807) is 6.26 Å². The van der Waals surface area contributed by atoms with Gasteiger partial charge in [0.1, 0.15) is 18.6 Å². The second-order valence-corrected chi connectivity index (χ2v) is 7.62. The molecule has 14 heteroatoms. The van der Waals surface area contributed by atoms with E-state index in [4.69, 9.17) is 22.3 Å². The molecule has 3 atom stereocenters. The van der Waals surface area contributed by atoms with E-state index in [9.17, 15) is 28.8 Å². The topological polar surface area (TPSA) is 237 Å². The molecule has 0 saturated heterocycles. The number of carbonyl (C=O) groups excluding carboxylic acids is 5. The summed E-state index contributed by atoms with van der Waals surface area (Å²) >= 11 is 1.42. The summed E-state index contributed by atoms with van der Waals surface area (Å²) in [7, 11) is 0. The minimum absolute atomic E-state index is 0.00311. The molecule has 0 rings (SSSR count). The van der Waals surface area contributed by atoms with E-state index in [2.05, 4.69) is 16.0 Å². The van der Waals surface area contributed by atoms with Crippen LogP contribution in [-0.4, -0.2) is 77.3 Å². The first-order valence-corrected chi connectivity index (χ1v) is 10.8. The van der Waals surface area contributed by atoms with Gasteiger partial charge in [-0.1, -0.05) is 0 Å². The molecule has 0 aromatic carbocycles. The molecule has 13 nitrogen and oxygen atoms in total. The van der Waals surface area contributed by atoms with Gasteiger partial charge in [-0.3, -0.25) is 28.8 Å². The van der Waals surface area contributed by atoms with Gasteiger partial charge in [-0.15, -0.1) is 0 Å². The van der Waals surface area contributed by atoms with Gasteiger partial charge in [0.25, 0.3) is 0 Å². The second-order valence-electron chi connectivity index (χ2n) is 6.63. The Bertz CT molecular complexity index is 675. The fraction of sp³-hybridized carbons (Fsp3) is 0.647. The average Bonchev–Trinajstić information content (AvgIpc) is 2.69. The number of primary amides is 2. The van der Waals surface area contributed by atoms with E-state index in [0.29, 0.717) is 5.75 Å². The van der Waals surface area contributed by atoms with Crippen LogP contribution in [0.4, 0.5) is 0 Å². The van der Waals surface area contributed by atoms with Crippen LogP contribution < -0.4 is 33.2 Å². The molecule has 0 aromatic rings. The molecule has 5 amide bonds. The summed E-state index contributed by atoms with van der Waals surface area (Å²) in [5.74, 6) is -4.33. The number of rotatable bonds is 16. The van der Waals surface area contributed by atoms with E-state index in [0.717, 1.165) is 0 Å². The number of carboxylic acid groups (broad SMARTS) is 1. The summed E-state index contributed by atoms with van der Waals surface area (Å²) in [5.41, 5.74) is 15.8. The second kappa shape index (κ2) is 15.0. The third kappa shape index (κ3) is 13.1. The molecule has 0 fully saturated rings. The van der Waals surface area contributed by atoms with E-state index < -0.39 is 60.2 Å². The summed E-state index contributed by atoms with van der Waals surface area (Å²) in [6.07, 6.45) is 1.51. The zero-order valence-corrected chi connectivity index (χ0v) is 18.0. The van der Waals surface area contributed by atoms with Crippen molar-refractivity contribution >= 4 is 47.3 Å². The van der Waals surface area contributed by atoms with Crippen molar-refractivity contribution < 1.29 is 33.9 Å². The lowest BCUT2D eigenvalue weighted by Crippen LogP contribution is -2.56. The first-order chi connectivity index (χ1) is 14.5. The standard InChI is InChI=1S/C17H30N6O7S/c1-31-7-6-11(22-15(28)9(18)2-4-12(19)24)17(30)23-10(3-5-13(20)25)16(29)21-8-14(26)27/h9-11H,2-8,18H2,1H3,(H2,19,24)(H2,20,25)(H,21,29)(H,22,28)(H,23,30)(H,26,27). The Morgan fingerprint density at radius 1 is 0.839 bits per heavy atom. The van der Waals surface area contributed by atoms with Crippen molar-refractivity contribution in [3.63, 3.8) is 0 Å². The first kappa shape index (κ1) is 28.1. The largest absolute Gasteiger partial charge is 0.480 e. The number of carboxylic acids is 1. The lowest BCUT2D eigenvalue weighted by molar-refractivity contribution is -0.138. The number of carbonyl (C=O) groups is 6. The van der Waals surface area contributed by atoms with Crippen molar-refractivity contribution in [1.82, 2.24) is 16.0 Å². The quantitative estimate of drug-likeness (QED) is 0.122. The fourth-order valence-electron chi connectivity index (χ4n) is 2.33. The Morgan fingerprint density at radius 2 is 1.35 bits per heavy atom. The molecule has 0 aromatic heterocycles. The third-order valence-electron chi connectivity index (χ3n) is 4.01. The zero-order valence-electron chi connectivity index (χ0n) is 17.2. The first-order valence-electron chi connectivity index (χ1n) is 9.39. The Labute approximate surface area is 183 Å². The maximum atomic E-state index is 12.7. The molecular formula is C17H30N6O7S. The highest BCUT2D eigenvalue weighted by atomic mass is 32.2. The highest BCUT2D eigenvalue weighted by Gasteiger charge is 2.28. The lowest BCUT2D eigenvalue weighted by atomic mass is 10.1. The van der Waals surface area contributed by atoms with Crippen molar-refractivity contribution in [1.29, 1.82) is 0 Å². The number of hydrogen-bond donors (Lipinski definition) is 7. The molecule has 3 unspecified atom stereocenters. The van der Waals surface area contributed by atoms with Gasteiger partial charge in [0.05, 0.1) is 6.04 Å². The molecule has 0 saturated carbocycles. The van der Waals surface area contributed by atoms with Crippen LogP contribution >= 0.6 is 11.8 Å². The normalized spacial score (nSPS) is 13.4. The van der Waals surface area contributed by atoms with Gasteiger partial charge in [0.2, 0.25) is 29.5 Å². The van der Waals surface area contributed by atoms with Crippen LogP contribution in [-0.2, 0) is 28.8 Å². The third-order valence-corrected chi connectivity index (χ3v) is 4.65. The van der Waals surface area contributed by atoms with Gasteiger partial charge in [-0.25, -0.2) is 0 Å². The summed E-state index contributed by atoms with van der Waals surface area (Å²) in [4.78, 5) is 69.8. The summed E-state index contributed by atoms with van der Waals surface area (Å²) in [6.45, 7) is -0.677. The summed E-state index contributed by atoms with van der Waals surface area (Å²) in [5, 5.41) is 15.7. The van der Waals surface area contributed by atoms with Gasteiger partial charge in [0.15, 0.2) is 0 Å². The van der Waals surface area contributed by atoms with Crippen molar-refractivity contribution in [3.05, 3.63) is 0 Å². The Balaban J connectivity index is 5.22. The van der Waals surface area contributed by atoms with Crippen molar-refractivity contribution in [3.8, 4) is 0 Å². The minimum atomic E-state index is -1.29. The molecule has 31 heavy (non-hydrogen) atoms. The molecular weight excluding hydrogens is 432 g/mol. The Morgan fingerprint density at radius 3 is 1.87 bits per heavy atom. The van der Waals surface area contributed by atoms with E-state index in [1.165, 1.54) is 11.8 Å². The summed E-state index contributed by atoms with van der Waals surface area (Å²) in [6, 6.07) is -3.36. The van der Waals surface area contributed by atoms with Crippen LogP contribution in [0.1, 0.15) is 32.1 Å². The van der Waals surface area contributed by atoms with Crippen molar-refractivity contribution in [2.75, 3.05) is 18.6 Å². The highest BCUT2D eigenvalue weighted by Crippen LogP contribution is 2.05. The molecule has 0 aliphatic carbocycles. The van der Waals surface area contributed by atoms with Crippen LogP contribution in [0.3, 0.4) is 0 Å². The van der Waals surface area contributed by atoms with Crippen LogP contribution in [0, 0.1) is 0 Å². The number of hydrogen-bond acceptors (Lipinski definition) is 8. The Kier molecular flexibility index (Phi) is 13.6. The van der Waals surface area contributed by atoms with E-state index >= 15 is 0 Å². The van der Waals surface area contributed by atoms with Gasteiger partial charge >= 0.3 is 5.97 Å². The van der Waals surface area contributed by atoms with Crippen LogP contribution in [0.25, 0.3) is 0 Å². The van der Waals surface area contributed by atoms with Gasteiger partial charge < -0.3 is 38.3 Å². The van der Waals surface area contributed by atoms with E-state index in [1.807, 2.05) is 0 Å². The van der Waals surface area contributed by atoms with E-state index in [-0.39, 0.29) is 32.1 Å². The van der Waals surface area contributed by atoms with Crippen LogP contribution in [0.2, 0.25) is 0 Å². The molecule has 176 valence electrons. The van der Waals surface area contributed by atoms with Gasteiger partial charge in [-0.2, -0.15) is 11.8 Å². The fourth-order valence-corrected chi connectivity index (χ4v) is 2.80. The van der Waals surface area contributed by atoms with Crippen LogP contribution in [0.15, 0.2) is 0 Å². The molecule has 0 aliphatic heterocycles. The smallest absolute Gasteiger partial charge is 0.322 e. The summed E-state index contributed by atoms with van der Waals surface area (Å²) < 4.78 is 0. The molecule has 10 N–H and O–H groups in total. The number of nitrogens with two attached hydrogens (primary N) is 3. The monoisotopic (exact) mass is 462 g/mol. The van der Waals surface area contributed by atoms with Crippen molar-refractivity contribution in [2.24, 2.45) is 17.2 Å². The van der Waals surface area contributed by atoms with Crippen molar-refractivity contribution in [2.45, 2.75) is 50.2 Å². The maximum absolute atomic E-state index is 12.7. The van der Waals surface area contributed by atoms with Crippen LogP contribution in [0.5, 0.6) is 0 Å². The molecule has 0 radical (unpaired) electrons. The molecule has 0 aliphatic rings.